The summed E-state index contributed by atoms with van der Waals surface area (Å²) in [5.41, 5.74) is 4.27. The highest BCUT2D eigenvalue weighted by Gasteiger charge is 2.17. The van der Waals surface area contributed by atoms with Crippen LogP contribution in [0, 0.1) is 0 Å². The fourth-order valence-corrected chi connectivity index (χ4v) is 6.10. The monoisotopic (exact) mass is 537 g/mol. The zero-order valence-corrected chi connectivity index (χ0v) is 23.0. The van der Waals surface area contributed by atoms with Gasteiger partial charge in [0.15, 0.2) is 11.6 Å². The molecule has 0 radical (unpaired) electrons. The molecule has 7 aromatic rings. The molecule has 1 aromatic heterocycles. The van der Waals surface area contributed by atoms with Crippen molar-refractivity contribution in [2.75, 3.05) is 0 Å². The third-order valence-corrected chi connectivity index (χ3v) is 8.20. The van der Waals surface area contributed by atoms with Crippen molar-refractivity contribution >= 4 is 32.3 Å². The Kier molecular flexibility index (Phi) is 5.93. The highest BCUT2D eigenvalue weighted by Crippen LogP contribution is 2.37. The lowest BCUT2D eigenvalue weighted by molar-refractivity contribution is 0.764. The van der Waals surface area contributed by atoms with Gasteiger partial charge < -0.3 is 0 Å². The van der Waals surface area contributed by atoms with Crippen molar-refractivity contribution in [3.05, 3.63) is 151 Å². The standard InChI is InChI=1S/C39H27N3/c1-3-12-26(13-4-1)37-40-38(27-14-5-2-6-15-27)42-39(41-37)30-17-11-16-28(24-30)29-22-23-35-33-20-8-7-18-31(33)32-19-9-10-21-34(32)36(35)25-29/h1-14,16-25,27H,15H2. The predicted molar refractivity (Wildman–Crippen MR) is 174 cm³/mol. The number of hydrogen-bond acceptors (Lipinski definition) is 3. The van der Waals surface area contributed by atoms with Crippen LogP contribution in [0.25, 0.3) is 66.2 Å². The molecule has 0 fully saturated rings. The van der Waals surface area contributed by atoms with Crippen LogP contribution < -0.4 is 0 Å². The molecule has 0 saturated heterocycles. The van der Waals surface area contributed by atoms with Gasteiger partial charge in [-0.25, -0.2) is 15.0 Å². The second-order valence-corrected chi connectivity index (χ2v) is 10.8. The molecule has 1 aliphatic rings. The summed E-state index contributed by atoms with van der Waals surface area (Å²) < 4.78 is 0. The van der Waals surface area contributed by atoms with E-state index in [4.69, 9.17) is 15.0 Å². The van der Waals surface area contributed by atoms with Crippen LogP contribution in [0.3, 0.4) is 0 Å². The van der Waals surface area contributed by atoms with Gasteiger partial charge in [-0.2, -0.15) is 0 Å². The summed E-state index contributed by atoms with van der Waals surface area (Å²) in [6, 6.07) is 43.0. The van der Waals surface area contributed by atoms with Crippen molar-refractivity contribution in [2.24, 2.45) is 0 Å². The molecule has 0 N–H and O–H groups in total. The summed E-state index contributed by atoms with van der Waals surface area (Å²) >= 11 is 0. The fourth-order valence-electron chi connectivity index (χ4n) is 6.10. The van der Waals surface area contributed by atoms with E-state index in [0.29, 0.717) is 11.6 Å². The van der Waals surface area contributed by atoms with E-state index in [1.54, 1.807) is 0 Å². The third kappa shape index (κ3) is 4.27. The van der Waals surface area contributed by atoms with Crippen molar-refractivity contribution in [3.8, 4) is 33.9 Å². The molecule has 6 aromatic carbocycles. The van der Waals surface area contributed by atoms with Gasteiger partial charge in [0.2, 0.25) is 0 Å². The molecule has 0 spiro atoms. The van der Waals surface area contributed by atoms with Crippen molar-refractivity contribution < 1.29 is 0 Å². The Hall–Kier alpha value is -5.41. The van der Waals surface area contributed by atoms with Crippen molar-refractivity contribution in [2.45, 2.75) is 12.3 Å². The van der Waals surface area contributed by atoms with Gasteiger partial charge in [0.25, 0.3) is 0 Å². The molecule has 8 rings (SSSR count). The van der Waals surface area contributed by atoms with Gasteiger partial charge in [-0.05, 0) is 62.0 Å². The SMILES string of the molecule is C1=CCC(c2nc(-c3ccccc3)nc(-c3cccc(-c4ccc5c6ccccc6c6ccccc6c5c4)c3)n2)C=C1. The number of rotatable bonds is 4. The second-order valence-electron chi connectivity index (χ2n) is 10.8. The molecule has 1 atom stereocenters. The summed E-state index contributed by atoms with van der Waals surface area (Å²) in [7, 11) is 0. The van der Waals surface area contributed by atoms with E-state index >= 15 is 0 Å². The van der Waals surface area contributed by atoms with Gasteiger partial charge in [0.05, 0.1) is 0 Å². The maximum atomic E-state index is 5.01. The third-order valence-electron chi connectivity index (χ3n) is 8.20. The van der Waals surface area contributed by atoms with Gasteiger partial charge in [-0.3, -0.25) is 0 Å². The average molecular weight is 538 g/mol. The van der Waals surface area contributed by atoms with Gasteiger partial charge in [0, 0.05) is 17.0 Å². The Balaban J connectivity index is 1.28. The summed E-state index contributed by atoms with van der Waals surface area (Å²) in [6.07, 6.45) is 9.38. The first-order chi connectivity index (χ1) is 20.8. The minimum absolute atomic E-state index is 0.131. The first kappa shape index (κ1) is 24.4. The highest BCUT2D eigenvalue weighted by molar-refractivity contribution is 6.25. The van der Waals surface area contributed by atoms with E-state index in [0.717, 1.165) is 28.9 Å². The van der Waals surface area contributed by atoms with Crippen LogP contribution in [-0.4, -0.2) is 15.0 Å². The Bertz CT molecular complexity index is 2140. The Morgan fingerprint density at radius 1 is 0.429 bits per heavy atom. The largest absolute Gasteiger partial charge is 0.212 e. The lowest BCUT2D eigenvalue weighted by Gasteiger charge is -2.15. The van der Waals surface area contributed by atoms with E-state index in [1.807, 2.05) is 18.2 Å². The van der Waals surface area contributed by atoms with Gasteiger partial charge in [-0.1, -0.05) is 133 Å². The molecule has 0 amide bonds. The number of nitrogens with zero attached hydrogens (tertiary/aromatic N) is 3. The lowest BCUT2D eigenvalue weighted by atomic mass is 9.92. The van der Waals surface area contributed by atoms with Crippen molar-refractivity contribution in [3.63, 3.8) is 0 Å². The van der Waals surface area contributed by atoms with Crippen LogP contribution in [0.1, 0.15) is 18.2 Å². The van der Waals surface area contributed by atoms with Crippen LogP contribution in [-0.2, 0) is 0 Å². The quantitative estimate of drug-likeness (QED) is 0.210. The smallest absolute Gasteiger partial charge is 0.163 e. The minimum Gasteiger partial charge on any atom is -0.212 e. The molecule has 1 unspecified atom stereocenters. The minimum atomic E-state index is 0.131. The molecule has 3 heteroatoms. The maximum absolute atomic E-state index is 5.01. The molecule has 1 heterocycles. The molecule has 0 aliphatic heterocycles. The summed E-state index contributed by atoms with van der Waals surface area (Å²) in [5.74, 6) is 2.33. The number of benzene rings is 6. The normalized spacial score (nSPS) is 14.6. The van der Waals surface area contributed by atoms with E-state index in [9.17, 15) is 0 Å². The number of fused-ring (bicyclic) bond motifs is 6. The first-order valence-electron chi connectivity index (χ1n) is 14.4. The topological polar surface area (TPSA) is 38.7 Å². The Labute approximate surface area is 244 Å². The van der Waals surface area contributed by atoms with E-state index < -0.39 is 0 Å². The zero-order valence-electron chi connectivity index (χ0n) is 23.0. The molecule has 3 nitrogen and oxygen atoms in total. The Morgan fingerprint density at radius 2 is 1.00 bits per heavy atom. The second kappa shape index (κ2) is 10.2. The van der Waals surface area contributed by atoms with E-state index in [2.05, 4.69) is 127 Å². The van der Waals surface area contributed by atoms with Crippen molar-refractivity contribution in [1.29, 1.82) is 0 Å². The van der Waals surface area contributed by atoms with Crippen LogP contribution in [0.15, 0.2) is 146 Å². The molecule has 42 heavy (non-hydrogen) atoms. The van der Waals surface area contributed by atoms with E-state index in [1.165, 1.54) is 37.9 Å². The van der Waals surface area contributed by atoms with Gasteiger partial charge in [-0.15, -0.1) is 0 Å². The molecule has 0 bridgehead atoms. The number of hydrogen-bond donors (Lipinski definition) is 0. The van der Waals surface area contributed by atoms with Gasteiger partial charge >= 0.3 is 0 Å². The molecule has 198 valence electrons. The molecular weight excluding hydrogens is 510 g/mol. The van der Waals surface area contributed by atoms with Crippen LogP contribution in [0.5, 0.6) is 0 Å². The maximum Gasteiger partial charge on any atom is 0.163 e. The highest BCUT2D eigenvalue weighted by atomic mass is 15.0. The summed E-state index contributed by atoms with van der Waals surface area (Å²) in [5, 5.41) is 7.66. The number of aromatic nitrogens is 3. The van der Waals surface area contributed by atoms with Crippen LogP contribution in [0.4, 0.5) is 0 Å². The summed E-state index contributed by atoms with van der Waals surface area (Å²) in [4.78, 5) is 14.9. The first-order valence-corrected chi connectivity index (χ1v) is 14.4. The fraction of sp³-hybridized carbons (Fsp3) is 0.0513. The Morgan fingerprint density at radius 3 is 1.69 bits per heavy atom. The molecule has 1 aliphatic carbocycles. The average Bonchev–Trinajstić information content (AvgIpc) is 3.09. The zero-order chi connectivity index (χ0) is 27.9. The lowest BCUT2D eigenvalue weighted by Crippen LogP contribution is -2.07. The van der Waals surface area contributed by atoms with E-state index in [-0.39, 0.29) is 5.92 Å². The number of allylic oxidation sites excluding steroid dienone is 4. The van der Waals surface area contributed by atoms with Crippen LogP contribution in [0.2, 0.25) is 0 Å². The van der Waals surface area contributed by atoms with Crippen LogP contribution >= 0.6 is 0 Å². The molecule has 0 saturated carbocycles. The predicted octanol–water partition coefficient (Wildman–Crippen LogP) is 9.93. The van der Waals surface area contributed by atoms with Crippen molar-refractivity contribution in [1.82, 2.24) is 15.0 Å². The molecular formula is C39H27N3. The summed E-state index contributed by atoms with van der Waals surface area (Å²) in [6.45, 7) is 0. The van der Waals surface area contributed by atoms with Gasteiger partial charge in [0.1, 0.15) is 5.82 Å².